The van der Waals surface area contributed by atoms with Gasteiger partial charge in [0.15, 0.2) is 0 Å². The molecule has 0 aromatic carbocycles. The normalized spacial score (nSPS) is 50.7. The molecule has 1 spiro atoms. The molecule has 4 rings (SSSR count). The molecule has 4 fully saturated rings. The van der Waals surface area contributed by atoms with Gasteiger partial charge in [-0.25, -0.2) is 0 Å². The zero-order valence-electron chi connectivity index (χ0n) is 14.4. The number of carbonyl (C=O) groups excluding carboxylic acids is 1. The number of carboxylic acid groups (broad SMARTS) is 1. The monoisotopic (exact) mass is 320 g/mol. The molecule has 2 bridgehead atoms. The second-order valence-electron chi connectivity index (χ2n) is 9.65. The first kappa shape index (κ1) is 15.5. The molecule has 0 radical (unpaired) electrons. The van der Waals surface area contributed by atoms with E-state index in [1.54, 1.807) is 0 Å². The van der Waals surface area contributed by atoms with E-state index in [0.717, 1.165) is 25.7 Å². The standard InChI is InChI=1S/C19H28O4/c1-17(2)9-14-13(17)5-7-18(3)6-4-12-11(16(21)22)8-15(20)23-19(12,14)10-18/h11-14H,4-10H2,1-3H3,(H,21,22)/t11?,12?,13?,14?,18-,19+/m0/s1. The highest BCUT2D eigenvalue weighted by atomic mass is 16.6. The van der Waals surface area contributed by atoms with Crippen molar-refractivity contribution in [3.05, 3.63) is 0 Å². The fourth-order valence-corrected chi connectivity index (χ4v) is 6.67. The number of aliphatic carboxylic acids is 1. The number of hydrogen-bond acceptors (Lipinski definition) is 3. The van der Waals surface area contributed by atoms with Crippen LogP contribution in [0.4, 0.5) is 0 Å². The Labute approximate surface area is 138 Å². The van der Waals surface area contributed by atoms with E-state index in [9.17, 15) is 14.7 Å². The van der Waals surface area contributed by atoms with Gasteiger partial charge in [-0.15, -0.1) is 0 Å². The van der Waals surface area contributed by atoms with Crippen molar-refractivity contribution in [3.63, 3.8) is 0 Å². The van der Waals surface area contributed by atoms with Gasteiger partial charge in [0.25, 0.3) is 0 Å². The van der Waals surface area contributed by atoms with Crippen molar-refractivity contribution in [2.45, 2.75) is 71.3 Å². The maximum atomic E-state index is 12.3. The Morgan fingerprint density at radius 2 is 1.78 bits per heavy atom. The third-order valence-corrected chi connectivity index (χ3v) is 7.80. The molecule has 4 unspecified atom stereocenters. The summed E-state index contributed by atoms with van der Waals surface area (Å²) in [6, 6.07) is 0. The van der Waals surface area contributed by atoms with E-state index in [-0.39, 0.29) is 23.7 Å². The summed E-state index contributed by atoms with van der Waals surface area (Å²) in [5, 5.41) is 9.69. The van der Waals surface area contributed by atoms with Crippen LogP contribution < -0.4 is 0 Å². The third-order valence-electron chi connectivity index (χ3n) is 7.80. The van der Waals surface area contributed by atoms with E-state index in [4.69, 9.17) is 4.74 Å². The molecule has 1 N–H and O–H groups in total. The number of rotatable bonds is 1. The van der Waals surface area contributed by atoms with Crippen LogP contribution in [0.1, 0.15) is 65.7 Å². The summed E-state index contributed by atoms with van der Waals surface area (Å²) in [4.78, 5) is 24.1. The predicted octanol–water partition coefficient (Wildman–Crippen LogP) is 3.64. The van der Waals surface area contributed by atoms with E-state index in [1.807, 2.05) is 0 Å². The smallest absolute Gasteiger partial charge is 0.307 e. The first-order valence-corrected chi connectivity index (χ1v) is 9.12. The first-order valence-electron chi connectivity index (χ1n) is 9.12. The molecule has 4 nitrogen and oxygen atoms in total. The number of carbonyl (C=O) groups is 2. The molecular weight excluding hydrogens is 292 g/mol. The maximum absolute atomic E-state index is 12.3. The van der Waals surface area contributed by atoms with Crippen LogP contribution in [0.2, 0.25) is 0 Å². The lowest BCUT2D eigenvalue weighted by Crippen LogP contribution is -2.65. The minimum absolute atomic E-state index is 0.00692. The van der Waals surface area contributed by atoms with Crippen molar-refractivity contribution in [2.75, 3.05) is 0 Å². The second-order valence-corrected chi connectivity index (χ2v) is 9.65. The summed E-state index contributed by atoms with van der Waals surface area (Å²) < 4.78 is 6.10. The zero-order valence-corrected chi connectivity index (χ0v) is 14.4. The third kappa shape index (κ3) is 2.02. The lowest BCUT2D eigenvalue weighted by molar-refractivity contribution is -0.242. The molecule has 3 saturated carbocycles. The molecule has 1 heterocycles. The number of ether oxygens (including phenoxy) is 1. The fraction of sp³-hybridized carbons (Fsp3) is 0.895. The summed E-state index contributed by atoms with van der Waals surface area (Å²) in [7, 11) is 0. The van der Waals surface area contributed by atoms with Crippen LogP contribution in [0.3, 0.4) is 0 Å². The van der Waals surface area contributed by atoms with Crippen LogP contribution in [0, 0.1) is 34.5 Å². The fourth-order valence-electron chi connectivity index (χ4n) is 6.67. The van der Waals surface area contributed by atoms with Crippen LogP contribution in [-0.2, 0) is 14.3 Å². The van der Waals surface area contributed by atoms with Crippen molar-refractivity contribution >= 4 is 11.9 Å². The SMILES string of the molecule is CC1(C)CC2C1CC[C@]1(C)CCC3C(C(=O)O)CC(=O)O[C@]32C1. The van der Waals surface area contributed by atoms with E-state index >= 15 is 0 Å². The van der Waals surface area contributed by atoms with Gasteiger partial charge in [0.2, 0.25) is 0 Å². The Hall–Kier alpha value is -1.06. The van der Waals surface area contributed by atoms with Crippen molar-refractivity contribution in [1.29, 1.82) is 0 Å². The minimum atomic E-state index is -0.811. The van der Waals surface area contributed by atoms with Crippen molar-refractivity contribution < 1.29 is 19.4 Å². The average Bonchev–Trinajstić information content (AvgIpc) is 2.49. The molecule has 128 valence electrons. The molecule has 0 amide bonds. The van der Waals surface area contributed by atoms with Crippen LogP contribution in [0.5, 0.6) is 0 Å². The van der Waals surface area contributed by atoms with E-state index < -0.39 is 17.5 Å². The van der Waals surface area contributed by atoms with Crippen molar-refractivity contribution in [3.8, 4) is 0 Å². The quantitative estimate of drug-likeness (QED) is 0.749. The van der Waals surface area contributed by atoms with Gasteiger partial charge < -0.3 is 9.84 Å². The number of hydrogen-bond donors (Lipinski definition) is 1. The van der Waals surface area contributed by atoms with Crippen LogP contribution >= 0.6 is 0 Å². The lowest BCUT2D eigenvalue weighted by atomic mass is 9.46. The Morgan fingerprint density at radius 1 is 1.13 bits per heavy atom. The maximum Gasteiger partial charge on any atom is 0.307 e. The summed E-state index contributed by atoms with van der Waals surface area (Å²) in [6.07, 6.45) is 6.32. The summed E-state index contributed by atoms with van der Waals surface area (Å²) in [6.45, 7) is 6.95. The van der Waals surface area contributed by atoms with Gasteiger partial charge in [0.05, 0.1) is 12.3 Å². The van der Waals surface area contributed by atoms with E-state index in [2.05, 4.69) is 20.8 Å². The van der Waals surface area contributed by atoms with Gasteiger partial charge in [0, 0.05) is 11.8 Å². The molecular formula is C19H28O4. The molecule has 0 aromatic rings. The lowest BCUT2D eigenvalue weighted by Gasteiger charge is -2.63. The zero-order chi connectivity index (χ0) is 16.6. The second kappa shape index (κ2) is 4.52. The minimum Gasteiger partial charge on any atom is -0.481 e. The molecule has 3 aliphatic carbocycles. The highest BCUT2D eigenvalue weighted by Gasteiger charge is 2.68. The molecule has 1 saturated heterocycles. The molecule has 23 heavy (non-hydrogen) atoms. The number of carboxylic acids is 1. The highest BCUT2D eigenvalue weighted by molar-refractivity contribution is 5.81. The van der Waals surface area contributed by atoms with Gasteiger partial charge in [-0.3, -0.25) is 9.59 Å². The van der Waals surface area contributed by atoms with Gasteiger partial charge in [-0.05, 0) is 55.3 Å². The van der Waals surface area contributed by atoms with Crippen molar-refractivity contribution in [2.24, 2.45) is 34.5 Å². The average molecular weight is 320 g/mol. The largest absolute Gasteiger partial charge is 0.481 e. The van der Waals surface area contributed by atoms with Gasteiger partial charge in [-0.2, -0.15) is 0 Å². The Balaban J connectivity index is 1.80. The van der Waals surface area contributed by atoms with Gasteiger partial charge >= 0.3 is 11.9 Å². The number of esters is 1. The Kier molecular flexibility index (Phi) is 3.04. The number of fused-ring (bicyclic) bond motifs is 2. The Morgan fingerprint density at radius 3 is 2.39 bits per heavy atom. The summed E-state index contributed by atoms with van der Waals surface area (Å²) in [5.41, 5.74) is -0.0208. The molecule has 0 aromatic heterocycles. The van der Waals surface area contributed by atoms with Crippen LogP contribution in [0.15, 0.2) is 0 Å². The topological polar surface area (TPSA) is 63.6 Å². The summed E-state index contributed by atoms with van der Waals surface area (Å²) >= 11 is 0. The van der Waals surface area contributed by atoms with Crippen LogP contribution in [0.25, 0.3) is 0 Å². The highest BCUT2D eigenvalue weighted by Crippen LogP contribution is 2.68. The molecule has 4 heteroatoms. The van der Waals surface area contributed by atoms with Crippen LogP contribution in [-0.4, -0.2) is 22.6 Å². The molecule has 1 aliphatic heterocycles. The van der Waals surface area contributed by atoms with E-state index in [0.29, 0.717) is 17.3 Å². The van der Waals surface area contributed by atoms with Crippen molar-refractivity contribution in [1.82, 2.24) is 0 Å². The molecule has 6 atom stereocenters. The van der Waals surface area contributed by atoms with E-state index in [1.165, 1.54) is 12.8 Å². The Bertz CT molecular complexity index is 568. The molecule has 4 aliphatic rings. The van der Waals surface area contributed by atoms with Gasteiger partial charge in [0.1, 0.15) is 5.60 Å². The first-order chi connectivity index (χ1) is 10.7. The predicted molar refractivity (Wildman–Crippen MR) is 84.6 cm³/mol. The summed E-state index contributed by atoms with van der Waals surface area (Å²) in [5.74, 6) is -0.728. The van der Waals surface area contributed by atoms with Gasteiger partial charge in [-0.1, -0.05) is 20.8 Å².